The SMILES string of the molecule is COc1ccccc1Nc1ccc(NS(=O)(=O)c2cc(C)ccc2C)cc1. The number of para-hydroxylation sites is 2. The van der Waals surface area contributed by atoms with Crippen molar-refractivity contribution in [1.82, 2.24) is 0 Å². The van der Waals surface area contributed by atoms with E-state index in [1.165, 1.54) is 0 Å². The molecule has 0 heterocycles. The first-order valence-corrected chi connectivity index (χ1v) is 9.97. The Morgan fingerprint density at radius 3 is 2.22 bits per heavy atom. The topological polar surface area (TPSA) is 67.4 Å². The number of nitrogens with one attached hydrogen (secondary N) is 2. The molecule has 0 atom stereocenters. The van der Waals surface area contributed by atoms with Gasteiger partial charge in [0.15, 0.2) is 0 Å². The highest BCUT2D eigenvalue weighted by Gasteiger charge is 2.17. The van der Waals surface area contributed by atoms with E-state index in [0.29, 0.717) is 16.1 Å². The van der Waals surface area contributed by atoms with Gasteiger partial charge in [-0.05, 0) is 67.4 Å². The van der Waals surface area contributed by atoms with Gasteiger partial charge < -0.3 is 10.1 Å². The lowest BCUT2D eigenvalue weighted by Crippen LogP contribution is -2.14. The highest BCUT2D eigenvalue weighted by Crippen LogP contribution is 2.28. The third-order valence-electron chi connectivity index (χ3n) is 4.16. The van der Waals surface area contributed by atoms with Crippen LogP contribution in [0.2, 0.25) is 0 Å². The van der Waals surface area contributed by atoms with E-state index in [2.05, 4.69) is 10.0 Å². The second-order valence-electron chi connectivity index (χ2n) is 6.28. The van der Waals surface area contributed by atoms with E-state index in [4.69, 9.17) is 4.74 Å². The molecule has 6 heteroatoms. The van der Waals surface area contributed by atoms with Gasteiger partial charge in [0, 0.05) is 11.4 Å². The number of hydrogen-bond donors (Lipinski definition) is 2. The minimum absolute atomic E-state index is 0.290. The molecule has 3 aromatic rings. The predicted molar refractivity (Wildman–Crippen MR) is 109 cm³/mol. The number of sulfonamides is 1. The smallest absolute Gasteiger partial charge is 0.262 e. The van der Waals surface area contributed by atoms with Gasteiger partial charge in [0.05, 0.1) is 17.7 Å². The van der Waals surface area contributed by atoms with Crippen molar-refractivity contribution < 1.29 is 13.2 Å². The van der Waals surface area contributed by atoms with Crippen LogP contribution in [-0.2, 0) is 10.0 Å². The zero-order chi connectivity index (χ0) is 19.4. The van der Waals surface area contributed by atoms with Crippen molar-refractivity contribution in [3.05, 3.63) is 77.9 Å². The highest BCUT2D eigenvalue weighted by atomic mass is 32.2. The lowest BCUT2D eigenvalue weighted by atomic mass is 10.2. The van der Waals surface area contributed by atoms with E-state index in [-0.39, 0.29) is 0 Å². The molecule has 0 radical (unpaired) electrons. The van der Waals surface area contributed by atoms with E-state index in [1.54, 1.807) is 32.2 Å². The fourth-order valence-electron chi connectivity index (χ4n) is 2.73. The largest absolute Gasteiger partial charge is 0.495 e. The van der Waals surface area contributed by atoms with Gasteiger partial charge in [-0.3, -0.25) is 4.72 Å². The molecule has 0 aliphatic carbocycles. The monoisotopic (exact) mass is 382 g/mol. The Kier molecular flexibility index (Phi) is 5.37. The van der Waals surface area contributed by atoms with Crippen molar-refractivity contribution in [2.75, 3.05) is 17.1 Å². The van der Waals surface area contributed by atoms with E-state index in [9.17, 15) is 8.42 Å². The lowest BCUT2D eigenvalue weighted by Gasteiger charge is -2.13. The Morgan fingerprint density at radius 2 is 1.52 bits per heavy atom. The zero-order valence-corrected chi connectivity index (χ0v) is 16.3. The summed E-state index contributed by atoms with van der Waals surface area (Å²) in [5.41, 5.74) is 3.78. The van der Waals surface area contributed by atoms with Gasteiger partial charge in [0.1, 0.15) is 5.75 Å². The number of rotatable bonds is 6. The Hall–Kier alpha value is -2.99. The molecule has 3 aromatic carbocycles. The zero-order valence-electron chi connectivity index (χ0n) is 15.5. The molecule has 0 fully saturated rings. The molecule has 0 aliphatic rings. The summed E-state index contributed by atoms with van der Waals surface area (Å²) in [5.74, 6) is 0.734. The molecular weight excluding hydrogens is 360 g/mol. The van der Waals surface area contributed by atoms with Gasteiger partial charge in [-0.15, -0.1) is 0 Å². The second-order valence-corrected chi connectivity index (χ2v) is 7.93. The van der Waals surface area contributed by atoms with E-state index in [1.807, 2.05) is 55.5 Å². The molecule has 27 heavy (non-hydrogen) atoms. The van der Waals surface area contributed by atoms with Crippen LogP contribution in [0.1, 0.15) is 11.1 Å². The van der Waals surface area contributed by atoms with Gasteiger partial charge in [-0.1, -0.05) is 24.3 Å². The van der Waals surface area contributed by atoms with Crippen molar-refractivity contribution in [1.29, 1.82) is 0 Å². The first kappa shape index (κ1) is 18.8. The number of benzene rings is 3. The average molecular weight is 382 g/mol. The molecule has 0 aliphatic heterocycles. The summed E-state index contributed by atoms with van der Waals surface area (Å²) in [5, 5.41) is 3.26. The highest BCUT2D eigenvalue weighted by molar-refractivity contribution is 7.92. The molecule has 3 rings (SSSR count). The molecule has 0 unspecified atom stereocenters. The molecule has 140 valence electrons. The predicted octanol–water partition coefficient (Wildman–Crippen LogP) is 4.86. The van der Waals surface area contributed by atoms with Crippen molar-refractivity contribution >= 4 is 27.1 Å². The summed E-state index contributed by atoms with van der Waals surface area (Å²) in [4.78, 5) is 0.290. The van der Waals surface area contributed by atoms with Crippen LogP contribution in [0.15, 0.2) is 71.6 Å². The van der Waals surface area contributed by atoms with Crippen LogP contribution in [0.25, 0.3) is 0 Å². The Bertz CT molecular complexity index is 1050. The van der Waals surface area contributed by atoms with Crippen LogP contribution in [0.3, 0.4) is 0 Å². The first-order chi connectivity index (χ1) is 12.9. The molecule has 0 saturated carbocycles. The number of anilines is 3. The Balaban J connectivity index is 1.78. The van der Waals surface area contributed by atoms with Gasteiger partial charge in [0.25, 0.3) is 10.0 Å². The maximum atomic E-state index is 12.7. The summed E-state index contributed by atoms with van der Waals surface area (Å²) >= 11 is 0. The summed E-state index contributed by atoms with van der Waals surface area (Å²) in [7, 11) is -2.02. The second kappa shape index (κ2) is 7.72. The summed E-state index contributed by atoms with van der Waals surface area (Å²) in [6, 6.07) is 20.0. The molecule has 0 spiro atoms. The normalized spacial score (nSPS) is 11.1. The summed E-state index contributed by atoms with van der Waals surface area (Å²) in [6.07, 6.45) is 0. The van der Waals surface area contributed by atoms with Crippen LogP contribution in [0.4, 0.5) is 17.1 Å². The maximum absolute atomic E-state index is 12.7. The lowest BCUT2D eigenvalue weighted by molar-refractivity contribution is 0.417. The van der Waals surface area contributed by atoms with E-state index in [0.717, 1.165) is 22.7 Å². The van der Waals surface area contributed by atoms with Crippen molar-refractivity contribution in [3.8, 4) is 5.75 Å². The molecule has 2 N–H and O–H groups in total. The molecule has 5 nitrogen and oxygen atoms in total. The fraction of sp³-hybridized carbons (Fsp3) is 0.143. The number of methoxy groups -OCH3 is 1. The third-order valence-corrected chi connectivity index (χ3v) is 5.68. The van der Waals surface area contributed by atoms with Crippen molar-refractivity contribution in [3.63, 3.8) is 0 Å². The number of ether oxygens (including phenoxy) is 1. The molecule has 0 saturated heterocycles. The van der Waals surface area contributed by atoms with Gasteiger partial charge in [0.2, 0.25) is 0 Å². The standard InChI is InChI=1S/C21H22N2O3S/c1-15-8-9-16(2)21(14-15)27(24,25)23-18-12-10-17(11-13-18)22-19-6-4-5-7-20(19)26-3/h4-14,22-23H,1-3H3. The van der Waals surface area contributed by atoms with Gasteiger partial charge in [-0.25, -0.2) is 8.42 Å². The van der Waals surface area contributed by atoms with Gasteiger partial charge in [-0.2, -0.15) is 0 Å². The molecule has 0 bridgehead atoms. The minimum atomic E-state index is -3.64. The quantitative estimate of drug-likeness (QED) is 0.639. The van der Waals surface area contributed by atoms with Crippen LogP contribution >= 0.6 is 0 Å². The Morgan fingerprint density at radius 1 is 0.852 bits per heavy atom. The summed E-state index contributed by atoms with van der Waals surface area (Å²) < 4.78 is 33.3. The third kappa shape index (κ3) is 4.41. The van der Waals surface area contributed by atoms with Crippen molar-refractivity contribution in [2.24, 2.45) is 0 Å². The molecule has 0 aromatic heterocycles. The summed E-state index contributed by atoms with van der Waals surface area (Å²) in [6.45, 7) is 3.66. The van der Waals surface area contributed by atoms with E-state index >= 15 is 0 Å². The molecule has 0 amide bonds. The molecular formula is C21H22N2O3S. The fourth-order valence-corrected chi connectivity index (χ4v) is 4.12. The van der Waals surface area contributed by atoms with Crippen molar-refractivity contribution in [2.45, 2.75) is 18.7 Å². The number of aryl methyl sites for hydroxylation is 2. The van der Waals surface area contributed by atoms with Crippen LogP contribution in [0, 0.1) is 13.8 Å². The van der Waals surface area contributed by atoms with Crippen LogP contribution < -0.4 is 14.8 Å². The van der Waals surface area contributed by atoms with Gasteiger partial charge >= 0.3 is 0 Å². The average Bonchev–Trinajstić information content (AvgIpc) is 2.65. The maximum Gasteiger partial charge on any atom is 0.262 e. The Labute approximate surface area is 160 Å². The minimum Gasteiger partial charge on any atom is -0.495 e. The van der Waals surface area contributed by atoms with Crippen LogP contribution in [-0.4, -0.2) is 15.5 Å². The van der Waals surface area contributed by atoms with E-state index < -0.39 is 10.0 Å². The first-order valence-electron chi connectivity index (χ1n) is 8.49. The number of hydrogen-bond acceptors (Lipinski definition) is 4. The van der Waals surface area contributed by atoms with Crippen LogP contribution in [0.5, 0.6) is 5.75 Å².